The van der Waals surface area contributed by atoms with Crippen molar-refractivity contribution in [1.82, 2.24) is 0 Å². The van der Waals surface area contributed by atoms with Crippen LogP contribution in [0.1, 0.15) is 34.3 Å². The van der Waals surface area contributed by atoms with E-state index in [1.807, 2.05) is 26.0 Å². The lowest BCUT2D eigenvalue weighted by Gasteiger charge is -2.09. The highest BCUT2D eigenvalue weighted by Crippen LogP contribution is 2.21. The molecule has 0 aliphatic rings. The summed E-state index contributed by atoms with van der Waals surface area (Å²) in [5.74, 6) is 0.404. The van der Waals surface area contributed by atoms with Crippen LogP contribution in [0.3, 0.4) is 0 Å². The summed E-state index contributed by atoms with van der Waals surface area (Å²) in [6.45, 7) is 8.08. The Morgan fingerprint density at radius 1 is 1.00 bits per heavy atom. The minimum atomic E-state index is -0.417. The number of rotatable bonds is 9. The first-order valence-corrected chi connectivity index (χ1v) is 8.81. The van der Waals surface area contributed by atoms with Gasteiger partial charge in [-0.25, -0.2) is 9.59 Å². The standard InChI is InChI=1S/C22H24O5/c1-4-21(23)26-14-6-5-13-25-19-10-8-18(9-11-19)22(24)27-20-12-7-16(2)15-17(20)3/h4,7-12,15H,1,5-6,13-14H2,2-3H3. The Kier molecular flexibility index (Phi) is 7.62. The lowest BCUT2D eigenvalue weighted by atomic mass is 10.1. The SMILES string of the molecule is C=CC(=O)OCCCCOc1ccc(C(=O)Oc2ccc(C)cc2C)cc1. The van der Waals surface area contributed by atoms with Gasteiger partial charge in [-0.15, -0.1) is 0 Å². The molecule has 0 heterocycles. The van der Waals surface area contributed by atoms with Crippen LogP contribution in [0.2, 0.25) is 0 Å². The van der Waals surface area contributed by atoms with Crippen LogP contribution >= 0.6 is 0 Å². The Morgan fingerprint density at radius 2 is 1.70 bits per heavy atom. The van der Waals surface area contributed by atoms with Gasteiger partial charge in [-0.1, -0.05) is 24.3 Å². The molecular formula is C22H24O5. The van der Waals surface area contributed by atoms with Crippen molar-refractivity contribution in [2.45, 2.75) is 26.7 Å². The first-order valence-electron chi connectivity index (χ1n) is 8.81. The van der Waals surface area contributed by atoms with Crippen LogP contribution in [0, 0.1) is 13.8 Å². The van der Waals surface area contributed by atoms with Crippen molar-refractivity contribution < 1.29 is 23.8 Å². The normalized spacial score (nSPS) is 10.1. The lowest BCUT2D eigenvalue weighted by Crippen LogP contribution is -2.09. The third kappa shape index (κ3) is 6.62. The number of hydrogen-bond acceptors (Lipinski definition) is 5. The highest BCUT2D eigenvalue weighted by atomic mass is 16.5. The molecule has 2 aromatic carbocycles. The van der Waals surface area contributed by atoms with Crippen LogP contribution in [0.5, 0.6) is 11.5 Å². The average molecular weight is 368 g/mol. The largest absolute Gasteiger partial charge is 0.494 e. The molecule has 0 aliphatic carbocycles. The van der Waals surface area contributed by atoms with Crippen molar-refractivity contribution in [3.8, 4) is 11.5 Å². The molecule has 2 rings (SSSR count). The lowest BCUT2D eigenvalue weighted by molar-refractivity contribution is -0.137. The van der Waals surface area contributed by atoms with Gasteiger partial charge in [0.1, 0.15) is 11.5 Å². The van der Waals surface area contributed by atoms with Gasteiger partial charge >= 0.3 is 11.9 Å². The van der Waals surface area contributed by atoms with Gasteiger partial charge in [0.25, 0.3) is 0 Å². The Balaban J connectivity index is 1.78. The summed E-state index contributed by atoms with van der Waals surface area (Å²) in [7, 11) is 0. The smallest absolute Gasteiger partial charge is 0.343 e. The van der Waals surface area contributed by atoms with Crippen molar-refractivity contribution in [2.24, 2.45) is 0 Å². The van der Waals surface area contributed by atoms with Crippen molar-refractivity contribution in [3.63, 3.8) is 0 Å². The van der Waals surface area contributed by atoms with Gasteiger partial charge in [0, 0.05) is 6.08 Å². The van der Waals surface area contributed by atoms with Crippen LogP contribution in [0.25, 0.3) is 0 Å². The molecule has 0 amide bonds. The molecule has 0 fully saturated rings. The van der Waals surface area contributed by atoms with E-state index in [2.05, 4.69) is 6.58 Å². The molecule has 0 bridgehead atoms. The molecule has 0 aliphatic heterocycles. The van der Waals surface area contributed by atoms with Gasteiger partial charge in [-0.05, 0) is 62.6 Å². The Hall–Kier alpha value is -3.08. The zero-order chi connectivity index (χ0) is 19.6. The predicted octanol–water partition coefficient (Wildman–Crippen LogP) is 4.41. The fourth-order valence-corrected chi connectivity index (χ4v) is 2.39. The summed E-state index contributed by atoms with van der Waals surface area (Å²) in [6.07, 6.45) is 2.60. The predicted molar refractivity (Wildman–Crippen MR) is 103 cm³/mol. The van der Waals surface area contributed by atoms with Crippen LogP contribution < -0.4 is 9.47 Å². The van der Waals surface area contributed by atoms with Crippen LogP contribution in [0.15, 0.2) is 55.1 Å². The second-order valence-electron chi connectivity index (χ2n) is 6.11. The molecule has 0 unspecified atom stereocenters. The molecule has 0 saturated heterocycles. The number of hydrogen-bond donors (Lipinski definition) is 0. The minimum Gasteiger partial charge on any atom is -0.494 e. The van der Waals surface area contributed by atoms with Crippen molar-refractivity contribution >= 4 is 11.9 Å². The van der Waals surface area contributed by atoms with Gasteiger partial charge in [0.2, 0.25) is 0 Å². The molecular weight excluding hydrogens is 344 g/mol. The number of benzene rings is 2. The second-order valence-corrected chi connectivity index (χ2v) is 6.11. The van der Waals surface area contributed by atoms with E-state index in [0.717, 1.165) is 23.6 Å². The maximum absolute atomic E-state index is 12.3. The van der Waals surface area contributed by atoms with Gasteiger partial charge in [0.15, 0.2) is 0 Å². The van der Waals surface area contributed by atoms with Crippen LogP contribution in [-0.2, 0) is 9.53 Å². The quantitative estimate of drug-likeness (QED) is 0.284. The number of ether oxygens (including phenoxy) is 3. The third-order valence-electron chi connectivity index (χ3n) is 3.84. The van der Waals surface area contributed by atoms with Crippen LogP contribution in [-0.4, -0.2) is 25.2 Å². The van der Waals surface area contributed by atoms with E-state index >= 15 is 0 Å². The Labute approximate surface area is 159 Å². The zero-order valence-electron chi connectivity index (χ0n) is 15.7. The first kappa shape index (κ1) is 20.2. The minimum absolute atomic E-state index is 0.345. The number of carbonyl (C=O) groups excluding carboxylic acids is 2. The maximum Gasteiger partial charge on any atom is 0.343 e. The summed E-state index contributed by atoms with van der Waals surface area (Å²) in [6, 6.07) is 12.5. The van der Waals surface area contributed by atoms with E-state index in [9.17, 15) is 9.59 Å². The van der Waals surface area contributed by atoms with Gasteiger partial charge in [0.05, 0.1) is 18.8 Å². The van der Waals surface area contributed by atoms with Gasteiger partial charge in [-0.2, -0.15) is 0 Å². The molecule has 0 N–H and O–H groups in total. The number of aryl methyl sites for hydroxylation is 2. The molecule has 0 radical (unpaired) electrons. The first-order chi connectivity index (χ1) is 13.0. The monoisotopic (exact) mass is 368 g/mol. The molecule has 0 saturated carbocycles. The molecule has 27 heavy (non-hydrogen) atoms. The summed E-state index contributed by atoms with van der Waals surface area (Å²) in [4.78, 5) is 23.2. The van der Waals surface area contributed by atoms with E-state index in [4.69, 9.17) is 14.2 Å². The van der Waals surface area contributed by atoms with E-state index in [1.165, 1.54) is 0 Å². The van der Waals surface area contributed by atoms with Crippen molar-refractivity contribution in [2.75, 3.05) is 13.2 Å². The maximum atomic E-state index is 12.3. The summed E-state index contributed by atoms with van der Waals surface area (Å²) in [5, 5.41) is 0. The van der Waals surface area contributed by atoms with E-state index < -0.39 is 11.9 Å². The van der Waals surface area contributed by atoms with Gasteiger partial charge in [-0.3, -0.25) is 0 Å². The highest BCUT2D eigenvalue weighted by Gasteiger charge is 2.10. The summed E-state index contributed by atoms with van der Waals surface area (Å²) >= 11 is 0. The van der Waals surface area contributed by atoms with Gasteiger partial charge < -0.3 is 14.2 Å². The van der Waals surface area contributed by atoms with E-state index in [0.29, 0.717) is 36.7 Å². The van der Waals surface area contributed by atoms with E-state index in [1.54, 1.807) is 30.3 Å². The summed E-state index contributed by atoms with van der Waals surface area (Å²) < 4.78 is 15.9. The Morgan fingerprint density at radius 3 is 2.37 bits per heavy atom. The van der Waals surface area contributed by atoms with Crippen molar-refractivity contribution in [1.29, 1.82) is 0 Å². The number of unbranched alkanes of at least 4 members (excludes halogenated alkanes) is 1. The highest BCUT2D eigenvalue weighted by molar-refractivity contribution is 5.91. The average Bonchev–Trinajstić information content (AvgIpc) is 2.67. The fourth-order valence-electron chi connectivity index (χ4n) is 2.39. The molecule has 5 heteroatoms. The molecule has 0 aromatic heterocycles. The molecule has 142 valence electrons. The van der Waals surface area contributed by atoms with E-state index in [-0.39, 0.29) is 0 Å². The van der Waals surface area contributed by atoms with Crippen LogP contribution in [0.4, 0.5) is 0 Å². The second kappa shape index (κ2) is 10.2. The molecule has 0 atom stereocenters. The summed E-state index contributed by atoms with van der Waals surface area (Å²) in [5.41, 5.74) is 2.49. The zero-order valence-corrected chi connectivity index (χ0v) is 15.7. The fraction of sp³-hybridized carbons (Fsp3) is 0.273. The Bertz CT molecular complexity index is 793. The number of carbonyl (C=O) groups is 2. The van der Waals surface area contributed by atoms with Crippen molar-refractivity contribution in [3.05, 3.63) is 71.8 Å². The topological polar surface area (TPSA) is 61.8 Å². The molecule has 2 aromatic rings. The number of esters is 2. The molecule has 0 spiro atoms. The molecule has 5 nitrogen and oxygen atoms in total. The third-order valence-corrected chi connectivity index (χ3v) is 3.84.